The molecule has 0 atom stereocenters. The van der Waals surface area contributed by atoms with Gasteiger partial charge in [0.25, 0.3) is 5.91 Å². The van der Waals surface area contributed by atoms with Gasteiger partial charge in [0, 0.05) is 59.5 Å². The monoisotopic (exact) mass is 458 g/mol. The van der Waals surface area contributed by atoms with Crippen LogP contribution in [0.2, 0.25) is 5.02 Å². The molecule has 31 heavy (non-hydrogen) atoms. The summed E-state index contributed by atoms with van der Waals surface area (Å²) in [6, 6.07) is 12.9. The molecule has 2 N–H and O–H groups in total. The van der Waals surface area contributed by atoms with Crippen molar-refractivity contribution in [3.05, 3.63) is 53.1 Å². The van der Waals surface area contributed by atoms with Crippen molar-refractivity contribution in [1.82, 2.24) is 10.2 Å². The van der Waals surface area contributed by atoms with Gasteiger partial charge in [-0.2, -0.15) is 0 Å². The number of carbonyl (C=O) groups excluding carboxylic acids is 3. The van der Waals surface area contributed by atoms with Crippen LogP contribution in [0.15, 0.2) is 47.4 Å². The highest BCUT2D eigenvalue weighted by molar-refractivity contribution is 7.99. The van der Waals surface area contributed by atoms with E-state index >= 15 is 0 Å². The lowest BCUT2D eigenvalue weighted by Crippen LogP contribution is -2.51. The molecule has 7 nitrogen and oxygen atoms in total. The summed E-state index contributed by atoms with van der Waals surface area (Å²) in [7, 11) is 0. The van der Waals surface area contributed by atoms with E-state index < -0.39 is 0 Å². The lowest BCUT2D eigenvalue weighted by molar-refractivity contribution is -0.130. The van der Waals surface area contributed by atoms with E-state index in [-0.39, 0.29) is 24.3 Å². The third-order valence-corrected chi connectivity index (χ3v) is 6.62. The number of nitrogens with one attached hydrogen (secondary N) is 2. The molecule has 3 amide bonds. The molecule has 1 saturated heterocycles. The van der Waals surface area contributed by atoms with E-state index in [9.17, 15) is 14.4 Å². The van der Waals surface area contributed by atoms with Crippen molar-refractivity contribution < 1.29 is 14.4 Å². The predicted octanol–water partition coefficient (Wildman–Crippen LogP) is 2.85. The first-order valence-electron chi connectivity index (χ1n) is 10.1. The van der Waals surface area contributed by atoms with Crippen LogP contribution in [0.3, 0.4) is 0 Å². The Kier molecular flexibility index (Phi) is 6.67. The van der Waals surface area contributed by atoms with Gasteiger partial charge in [-0.25, -0.2) is 0 Å². The summed E-state index contributed by atoms with van der Waals surface area (Å²) in [5.74, 6) is 0.203. The Morgan fingerprint density at radius 1 is 1.10 bits per heavy atom. The van der Waals surface area contributed by atoms with Crippen LogP contribution in [-0.2, 0) is 9.59 Å². The lowest BCUT2D eigenvalue weighted by Gasteiger charge is -2.36. The fourth-order valence-corrected chi connectivity index (χ4v) is 4.74. The van der Waals surface area contributed by atoms with E-state index in [1.165, 1.54) is 0 Å². The number of anilines is 2. The highest BCUT2D eigenvalue weighted by atomic mass is 35.5. The van der Waals surface area contributed by atoms with Crippen LogP contribution in [0.4, 0.5) is 11.4 Å². The highest BCUT2D eigenvalue weighted by Crippen LogP contribution is 2.31. The van der Waals surface area contributed by atoms with Gasteiger partial charge in [0.2, 0.25) is 11.8 Å². The fraction of sp³-hybridized carbons (Fsp3) is 0.318. The Labute approximate surface area is 190 Å². The summed E-state index contributed by atoms with van der Waals surface area (Å²) in [6.45, 7) is 2.53. The van der Waals surface area contributed by atoms with Gasteiger partial charge in [-0.1, -0.05) is 17.7 Å². The largest absolute Gasteiger partial charge is 0.368 e. The second kappa shape index (κ2) is 9.62. The zero-order chi connectivity index (χ0) is 21.8. The second-order valence-electron chi connectivity index (χ2n) is 7.39. The Hall–Kier alpha value is -2.71. The number of hydrogen-bond donors (Lipinski definition) is 2. The molecule has 0 radical (unpaired) electrons. The van der Waals surface area contributed by atoms with Crippen molar-refractivity contribution in [3.8, 4) is 0 Å². The van der Waals surface area contributed by atoms with E-state index in [2.05, 4.69) is 15.5 Å². The van der Waals surface area contributed by atoms with Crippen molar-refractivity contribution in [2.75, 3.05) is 48.7 Å². The number of nitrogens with zero attached hydrogens (tertiary/aromatic N) is 2. The van der Waals surface area contributed by atoms with Crippen LogP contribution in [0, 0.1) is 0 Å². The molecule has 9 heteroatoms. The average molecular weight is 459 g/mol. The molecular formula is C22H23ClN4O3S. The molecule has 162 valence electrons. The van der Waals surface area contributed by atoms with Gasteiger partial charge in [-0.05, 0) is 36.4 Å². The Morgan fingerprint density at radius 3 is 2.68 bits per heavy atom. The molecule has 2 aromatic carbocycles. The first-order chi connectivity index (χ1) is 15.0. The number of hydrogen-bond acceptors (Lipinski definition) is 5. The maximum atomic E-state index is 12.6. The summed E-state index contributed by atoms with van der Waals surface area (Å²) in [4.78, 5) is 41.7. The summed E-state index contributed by atoms with van der Waals surface area (Å²) in [5, 5.41) is 6.22. The van der Waals surface area contributed by atoms with Crippen molar-refractivity contribution in [2.45, 2.75) is 11.3 Å². The van der Waals surface area contributed by atoms with Crippen LogP contribution in [0.25, 0.3) is 0 Å². The molecule has 2 heterocycles. The lowest BCUT2D eigenvalue weighted by atomic mass is 10.2. The Morgan fingerprint density at radius 2 is 1.90 bits per heavy atom. The van der Waals surface area contributed by atoms with Gasteiger partial charge in [-0.3, -0.25) is 14.4 Å². The van der Waals surface area contributed by atoms with Crippen molar-refractivity contribution in [2.24, 2.45) is 0 Å². The zero-order valence-corrected chi connectivity index (χ0v) is 18.5. The minimum absolute atomic E-state index is 0.0593. The molecule has 2 aliphatic heterocycles. The van der Waals surface area contributed by atoms with Crippen molar-refractivity contribution >= 4 is 52.5 Å². The summed E-state index contributed by atoms with van der Waals surface area (Å²) in [5.41, 5.74) is 2.10. The van der Waals surface area contributed by atoms with Crippen LogP contribution in [0.1, 0.15) is 16.8 Å². The molecule has 0 unspecified atom stereocenters. The highest BCUT2D eigenvalue weighted by Gasteiger charge is 2.22. The molecular weight excluding hydrogens is 436 g/mol. The Bertz CT molecular complexity index is 1010. The van der Waals surface area contributed by atoms with Crippen LogP contribution in [0.5, 0.6) is 0 Å². The SMILES string of the molecule is O=C1CCSc2ccc(C(=O)NCC(=O)N3CCN(c4cccc(Cl)c4)CC3)cc2N1. The van der Waals surface area contributed by atoms with Gasteiger partial charge in [0.15, 0.2) is 0 Å². The fourth-order valence-electron chi connectivity index (χ4n) is 3.62. The Balaban J connectivity index is 1.29. The number of piperazine rings is 1. The van der Waals surface area contributed by atoms with Crippen molar-refractivity contribution in [1.29, 1.82) is 0 Å². The maximum absolute atomic E-state index is 12.6. The number of rotatable bonds is 4. The zero-order valence-electron chi connectivity index (χ0n) is 16.9. The second-order valence-corrected chi connectivity index (χ2v) is 8.96. The van der Waals surface area contributed by atoms with Gasteiger partial charge >= 0.3 is 0 Å². The molecule has 0 saturated carbocycles. The first-order valence-corrected chi connectivity index (χ1v) is 11.5. The average Bonchev–Trinajstić information content (AvgIpc) is 2.97. The summed E-state index contributed by atoms with van der Waals surface area (Å²) < 4.78 is 0. The molecule has 2 aliphatic rings. The van der Waals surface area contributed by atoms with Gasteiger partial charge in [0.1, 0.15) is 0 Å². The minimum atomic E-state index is -0.336. The normalized spacial score (nSPS) is 16.2. The first kappa shape index (κ1) is 21.5. The molecule has 4 rings (SSSR count). The number of carbonyl (C=O) groups is 3. The van der Waals surface area contributed by atoms with Crippen LogP contribution in [-0.4, -0.2) is 61.1 Å². The molecule has 0 spiro atoms. The van der Waals surface area contributed by atoms with E-state index in [1.807, 2.05) is 30.3 Å². The van der Waals surface area contributed by atoms with Crippen molar-refractivity contribution in [3.63, 3.8) is 0 Å². The number of fused-ring (bicyclic) bond motifs is 1. The van der Waals surface area contributed by atoms with E-state index in [1.54, 1.807) is 28.8 Å². The molecule has 0 aliphatic carbocycles. The number of halogens is 1. The van der Waals surface area contributed by atoms with Crippen LogP contribution >= 0.6 is 23.4 Å². The maximum Gasteiger partial charge on any atom is 0.251 e. The van der Waals surface area contributed by atoms with Gasteiger partial charge < -0.3 is 20.4 Å². The number of amides is 3. The molecule has 1 fully saturated rings. The minimum Gasteiger partial charge on any atom is -0.368 e. The summed E-state index contributed by atoms with van der Waals surface area (Å²) in [6.07, 6.45) is 0.444. The molecule has 2 aromatic rings. The standard InChI is InChI=1S/C22H23ClN4O3S/c23-16-2-1-3-17(13-16)26-7-9-27(10-8-26)21(29)14-24-22(30)15-4-5-19-18(12-15)25-20(28)6-11-31-19/h1-5,12-13H,6-11,14H2,(H,24,30)(H,25,28). The van der Waals surface area contributed by atoms with E-state index in [0.717, 1.165) is 10.6 Å². The van der Waals surface area contributed by atoms with Crippen LogP contribution < -0.4 is 15.5 Å². The molecule has 0 bridgehead atoms. The smallest absolute Gasteiger partial charge is 0.251 e. The summed E-state index contributed by atoms with van der Waals surface area (Å²) >= 11 is 7.65. The quantitative estimate of drug-likeness (QED) is 0.736. The molecule has 0 aromatic heterocycles. The third-order valence-electron chi connectivity index (χ3n) is 5.31. The third kappa shape index (κ3) is 5.32. The number of benzene rings is 2. The predicted molar refractivity (Wildman–Crippen MR) is 123 cm³/mol. The topological polar surface area (TPSA) is 81.8 Å². The van der Waals surface area contributed by atoms with E-state index in [0.29, 0.717) is 54.6 Å². The number of thioether (sulfide) groups is 1. The van der Waals surface area contributed by atoms with Gasteiger partial charge in [-0.15, -0.1) is 11.8 Å². The van der Waals surface area contributed by atoms with E-state index in [4.69, 9.17) is 11.6 Å². The van der Waals surface area contributed by atoms with Gasteiger partial charge in [0.05, 0.1) is 12.2 Å².